The third kappa shape index (κ3) is 2.71. The lowest BCUT2D eigenvalue weighted by Gasteiger charge is -2.09. The van der Waals surface area contributed by atoms with Crippen LogP contribution in [0.2, 0.25) is 10.0 Å². The van der Waals surface area contributed by atoms with Crippen molar-refractivity contribution in [1.29, 1.82) is 0 Å². The topological polar surface area (TPSA) is 43.1 Å². The van der Waals surface area contributed by atoms with Gasteiger partial charge in [0.1, 0.15) is 5.78 Å². The van der Waals surface area contributed by atoms with E-state index in [9.17, 15) is 4.79 Å². The maximum Gasteiger partial charge on any atom is 0.146 e. The standard InChI is InChI=1S/C10H11Cl2NO/c1-6(14)9(13)5-7-3-2-4-8(11)10(7)12/h2-4,9H,5,13H2,1H3. The average molecular weight is 232 g/mol. The molecule has 0 saturated heterocycles. The predicted octanol–water partition coefficient (Wildman–Crippen LogP) is 2.45. The summed E-state index contributed by atoms with van der Waals surface area (Å²) in [4.78, 5) is 10.9. The molecule has 76 valence electrons. The molecule has 1 aromatic carbocycles. The minimum atomic E-state index is -0.508. The molecule has 4 heteroatoms. The zero-order valence-electron chi connectivity index (χ0n) is 7.76. The Hall–Kier alpha value is -0.570. The number of hydrogen-bond acceptors (Lipinski definition) is 2. The van der Waals surface area contributed by atoms with Crippen molar-refractivity contribution in [3.63, 3.8) is 0 Å². The van der Waals surface area contributed by atoms with Gasteiger partial charge in [-0.25, -0.2) is 0 Å². The van der Waals surface area contributed by atoms with Gasteiger partial charge in [0.2, 0.25) is 0 Å². The van der Waals surface area contributed by atoms with Crippen LogP contribution in [0.5, 0.6) is 0 Å². The third-order valence-electron chi connectivity index (χ3n) is 1.99. The first kappa shape index (κ1) is 11.5. The van der Waals surface area contributed by atoms with Gasteiger partial charge < -0.3 is 5.73 Å². The van der Waals surface area contributed by atoms with E-state index >= 15 is 0 Å². The summed E-state index contributed by atoms with van der Waals surface area (Å²) in [6.07, 6.45) is 0.425. The van der Waals surface area contributed by atoms with Gasteiger partial charge in [0, 0.05) is 0 Å². The number of ketones is 1. The third-order valence-corrected chi connectivity index (χ3v) is 2.85. The molecule has 0 aliphatic heterocycles. The highest BCUT2D eigenvalue weighted by atomic mass is 35.5. The second kappa shape index (κ2) is 4.78. The van der Waals surface area contributed by atoms with Crippen molar-refractivity contribution >= 4 is 29.0 Å². The number of carbonyl (C=O) groups is 1. The largest absolute Gasteiger partial charge is 0.321 e. The van der Waals surface area contributed by atoms with Gasteiger partial charge in [-0.05, 0) is 25.0 Å². The summed E-state index contributed by atoms with van der Waals surface area (Å²) >= 11 is 11.8. The van der Waals surface area contributed by atoms with Crippen LogP contribution in [0.4, 0.5) is 0 Å². The molecule has 0 fully saturated rings. The molecular weight excluding hydrogens is 221 g/mol. The van der Waals surface area contributed by atoms with Crippen LogP contribution in [-0.4, -0.2) is 11.8 Å². The van der Waals surface area contributed by atoms with E-state index in [1.54, 1.807) is 12.1 Å². The Morgan fingerprint density at radius 1 is 1.50 bits per heavy atom. The van der Waals surface area contributed by atoms with Gasteiger partial charge in [0.15, 0.2) is 0 Å². The molecule has 1 atom stereocenters. The van der Waals surface area contributed by atoms with Crippen molar-refractivity contribution in [3.8, 4) is 0 Å². The lowest BCUT2D eigenvalue weighted by Crippen LogP contribution is -2.30. The van der Waals surface area contributed by atoms with Crippen molar-refractivity contribution in [2.24, 2.45) is 5.73 Å². The summed E-state index contributed by atoms with van der Waals surface area (Å²) in [5, 5.41) is 0.964. The van der Waals surface area contributed by atoms with Gasteiger partial charge in [-0.3, -0.25) is 4.79 Å². The van der Waals surface area contributed by atoms with E-state index in [1.165, 1.54) is 6.92 Å². The first-order valence-electron chi connectivity index (χ1n) is 4.21. The number of halogens is 2. The molecule has 0 bridgehead atoms. The van der Waals surface area contributed by atoms with Crippen LogP contribution in [0.15, 0.2) is 18.2 Å². The molecule has 0 aromatic heterocycles. The lowest BCUT2D eigenvalue weighted by molar-refractivity contribution is -0.118. The predicted molar refractivity (Wildman–Crippen MR) is 58.8 cm³/mol. The van der Waals surface area contributed by atoms with Gasteiger partial charge in [-0.15, -0.1) is 0 Å². The Morgan fingerprint density at radius 2 is 2.14 bits per heavy atom. The summed E-state index contributed by atoms with van der Waals surface area (Å²) in [6, 6.07) is 4.80. The number of hydrogen-bond donors (Lipinski definition) is 1. The smallest absolute Gasteiger partial charge is 0.146 e. The minimum Gasteiger partial charge on any atom is -0.321 e. The normalized spacial score (nSPS) is 12.6. The van der Waals surface area contributed by atoms with Crippen LogP contribution in [0.3, 0.4) is 0 Å². The quantitative estimate of drug-likeness (QED) is 0.869. The molecule has 0 heterocycles. The van der Waals surface area contributed by atoms with Crippen molar-refractivity contribution < 1.29 is 4.79 Å². The van der Waals surface area contributed by atoms with E-state index in [0.29, 0.717) is 16.5 Å². The Labute approximate surface area is 93.0 Å². The average Bonchev–Trinajstić information content (AvgIpc) is 2.12. The van der Waals surface area contributed by atoms with Crippen LogP contribution in [-0.2, 0) is 11.2 Å². The maximum absolute atomic E-state index is 10.9. The molecule has 0 spiro atoms. The molecule has 2 N–H and O–H groups in total. The first-order valence-corrected chi connectivity index (χ1v) is 4.97. The lowest BCUT2D eigenvalue weighted by atomic mass is 10.0. The molecule has 14 heavy (non-hydrogen) atoms. The molecule has 1 rings (SSSR count). The van der Waals surface area contributed by atoms with E-state index in [2.05, 4.69) is 0 Å². The molecule has 0 saturated carbocycles. The van der Waals surface area contributed by atoms with E-state index in [0.717, 1.165) is 5.56 Å². The molecule has 0 amide bonds. The van der Waals surface area contributed by atoms with Crippen molar-refractivity contribution in [2.75, 3.05) is 0 Å². The molecule has 1 aromatic rings. The van der Waals surface area contributed by atoms with Gasteiger partial charge in [-0.2, -0.15) is 0 Å². The Kier molecular flexibility index (Phi) is 3.93. The van der Waals surface area contributed by atoms with Gasteiger partial charge >= 0.3 is 0 Å². The summed E-state index contributed by atoms with van der Waals surface area (Å²) in [5.74, 6) is -0.0546. The first-order chi connectivity index (χ1) is 6.52. The minimum absolute atomic E-state index is 0.0546. The zero-order chi connectivity index (χ0) is 10.7. The molecular formula is C10H11Cl2NO. The Morgan fingerprint density at radius 3 is 2.71 bits per heavy atom. The van der Waals surface area contributed by atoms with Crippen LogP contribution >= 0.6 is 23.2 Å². The fourth-order valence-corrected chi connectivity index (χ4v) is 1.48. The molecule has 0 aliphatic rings. The number of Topliss-reactive ketones (excluding diaryl/α,β-unsaturated/α-hetero) is 1. The van der Waals surface area contributed by atoms with E-state index < -0.39 is 6.04 Å². The monoisotopic (exact) mass is 231 g/mol. The number of rotatable bonds is 3. The summed E-state index contributed by atoms with van der Waals surface area (Å²) in [5.41, 5.74) is 6.42. The number of benzene rings is 1. The van der Waals surface area contributed by atoms with Crippen LogP contribution < -0.4 is 5.73 Å². The van der Waals surface area contributed by atoms with Crippen molar-refractivity contribution in [1.82, 2.24) is 0 Å². The van der Waals surface area contributed by atoms with Gasteiger partial charge in [0.05, 0.1) is 16.1 Å². The van der Waals surface area contributed by atoms with E-state index in [-0.39, 0.29) is 5.78 Å². The van der Waals surface area contributed by atoms with E-state index in [4.69, 9.17) is 28.9 Å². The molecule has 1 unspecified atom stereocenters. The fraction of sp³-hybridized carbons (Fsp3) is 0.300. The van der Waals surface area contributed by atoms with Gasteiger partial charge in [0.25, 0.3) is 0 Å². The number of nitrogens with two attached hydrogens (primary N) is 1. The highest BCUT2D eigenvalue weighted by Gasteiger charge is 2.12. The molecule has 0 aliphatic carbocycles. The summed E-state index contributed by atoms with van der Waals surface area (Å²) < 4.78 is 0. The second-order valence-electron chi connectivity index (χ2n) is 3.13. The van der Waals surface area contributed by atoms with E-state index in [1.807, 2.05) is 6.07 Å². The zero-order valence-corrected chi connectivity index (χ0v) is 9.27. The van der Waals surface area contributed by atoms with Crippen LogP contribution in [0, 0.1) is 0 Å². The maximum atomic E-state index is 10.9. The Bertz CT molecular complexity index is 352. The SMILES string of the molecule is CC(=O)C(N)Cc1cccc(Cl)c1Cl. The summed E-state index contributed by atoms with van der Waals surface area (Å²) in [7, 11) is 0. The number of carbonyl (C=O) groups excluding carboxylic acids is 1. The highest BCUT2D eigenvalue weighted by Crippen LogP contribution is 2.26. The van der Waals surface area contributed by atoms with Crippen molar-refractivity contribution in [3.05, 3.63) is 33.8 Å². The van der Waals surface area contributed by atoms with Crippen molar-refractivity contribution in [2.45, 2.75) is 19.4 Å². The molecule has 0 radical (unpaired) electrons. The second-order valence-corrected chi connectivity index (χ2v) is 3.92. The van der Waals surface area contributed by atoms with Crippen LogP contribution in [0.25, 0.3) is 0 Å². The Balaban J connectivity index is 2.87. The molecule has 2 nitrogen and oxygen atoms in total. The fourth-order valence-electron chi connectivity index (χ4n) is 1.09. The highest BCUT2D eigenvalue weighted by molar-refractivity contribution is 6.42. The van der Waals surface area contributed by atoms with Crippen LogP contribution in [0.1, 0.15) is 12.5 Å². The summed E-state index contributed by atoms with van der Waals surface area (Å²) in [6.45, 7) is 1.46. The van der Waals surface area contributed by atoms with Gasteiger partial charge in [-0.1, -0.05) is 35.3 Å².